The third-order valence-corrected chi connectivity index (χ3v) is 6.83. The van der Waals surface area contributed by atoms with Gasteiger partial charge in [-0.15, -0.1) is 0 Å². The fraction of sp³-hybridized carbons (Fsp3) is 0.231. The number of ether oxygens (including phenoxy) is 3. The number of Topliss-reactive ketones (excluding diaryl/α,β-unsaturated/α-hetero) is 1. The van der Waals surface area contributed by atoms with Crippen molar-refractivity contribution in [2.45, 2.75) is 19.9 Å². The number of aliphatic hydroxyl groups excluding tert-OH is 1. The third kappa shape index (κ3) is 4.42. The van der Waals surface area contributed by atoms with Crippen LogP contribution in [-0.2, 0) is 14.3 Å². The highest BCUT2D eigenvalue weighted by Crippen LogP contribution is 2.44. The number of benzene rings is 2. The topological polar surface area (TPSA) is 115 Å². The molecule has 0 saturated carbocycles. The molecule has 1 N–H and O–H groups in total. The number of esters is 1. The summed E-state index contributed by atoms with van der Waals surface area (Å²) in [6.45, 7) is 3.50. The Bertz CT molecular complexity index is 1340. The fourth-order valence-electron chi connectivity index (χ4n) is 3.91. The molecule has 0 bridgehead atoms. The molecular formula is C26H24N2O7S. The van der Waals surface area contributed by atoms with Crippen molar-refractivity contribution in [3.8, 4) is 11.5 Å². The van der Waals surface area contributed by atoms with Crippen molar-refractivity contribution < 1.29 is 33.7 Å². The number of amides is 1. The van der Waals surface area contributed by atoms with Crippen molar-refractivity contribution >= 4 is 39.9 Å². The predicted molar refractivity (Wildman–Crippen MR) is 134 cm³/mol. The van der Waals surface area contributed by atoms with Gasteiger partial charge in [-0.25, -0.2) is 9.78 Å². The molecule has 0 aliphatic carbocycles. The van der Waals surface area contributed by atoms with Crippen molar-refractivity contribution in [2.24, 2.45) is 0 Å². The number of aryl methyl sites for hydroxylation is 1. The summed E-state index contributed by atoms with van der Waals surface area (Å²) < 4.78 is 15.5. The van der Waals surface area contributed by atoms with Gasteiger partial charge in [-0.3, -0.25) is 14.5 Å². The minimum absolute atomic E-state index is 0.0964. The largest absolute Gasteiger partial charge is 0.507 e. The van der Waals surface area contributed by atoms with Crippen LogP contribution in [0.15, 0.2) is 54.1 Å². The molecule has 36 heavy (non-hydrogen) atoms. The number of aromatic nitrogens is 1. The van der Waals surface area contributed by atoms with Crippen molar-refractivity contribution in [1.82, 2.24) is 4.98 Å². The lowest BCUT2D eigenvalue weighted by Crippen LogP contribution is -2.29. The molecule has 3 aromatic rings. The van der Waals surface area contributed by atoms with E-state index in [9.17, 15) is 19.5 Å². The first-order chi connectivity index (χ1) is 17.3. The summed E-state index contributed by atoms with van der Waals surface area (Å²) in [5.74, 6) is -1.47. The molecule has 186 valence electrons. The number of aliphatic hydroxyl groups is 1. The maximum atomic E-state index is 13.3. The molecule has 10 heteroatoms. The second-order valence-corrected chi connectivity index (χ2v) is 8.78. The van der Waals surface area contributed by atoms with Crippen LogP contribution >= 0.6 is 11.3 Å². The standard InChI is InChI=1S/C26H24N2O7S/c1-5-35-25(32)23-14(2)27-26(36-23)28-20(15-6-10-17(33-3)11-7-15)19(22(30)24(28)31)21(29)16-8-12-18(34-4)13-9-16/h6-13,20,29H,5H2,1-4H3/b21-19+/t20-/m1/s1. The van der Waals surface area contributed by atoms with Crippen LogP contribution in [0.3, 0.4) is 0 Å². The lowest BCUT2D eigenvalue weighted by Gasteiger charge is -2.23. The number of rotatable bonds is 7. The van der Waals surface area contributed by atoms with Gasteiger partial charge >= 0.3 is 11.9 Å². The summed E-state index contributed by atoms with van der Waals surface area (Å²) >= 11 is 0.953. The van der Waals surface area contributed by atoms with E-state index in [2.05, 4.69) is 4.98 Å². The van der Waals surface area contributed by atoms with Gasteiger partial charge in [0.05, 0.1) is 38.1 Å². The Morgan fingerprint density at radius 3 is 2.17 bits per heavy atom. The number of carbonyl (C=O) groups is 3. The van der Waals surface area contributed by atoms with Crippen LogP contribution in [0.2, 0.25) is 0 Å². The van der Waals surface area contributed by atoms with E-state index >= 15 is 0 Å². The van der Waals surface area contributed by atoms with Gasteiger partial charge in [-0.1, -0.05) is 23.5 Å². The maximum absolute atomic E-state index is 13.3. The van der Waals surface area contributed by atoms with Gasteiger partial charge in [-0.05, 0) is 55.8 Å². The molecule has 1 atom stereocenters. The summed E-state index contributed by atoms with van der Waals surface area (Å²) in [6, 6.07) is 12.3. The molecule has 2 aromatic carbocycles. The van der Waals surface area contributed by atoms with Gasteiger partial charge < -0.3 is 19.3 Å². The Hall–Kier alpha value is -4.18. The Morgan fingerprint density at radius 2 is 1.61 bits per heavy atom. The lowest BCUT2D eigenvalue weighted by atomic mass is 9.95. The van der Waals surface area contributed by atoms with Crippen LogP contribution in [0.1, 0.15) is 39.5 Å². The number of ketones is 1. The van der Waals surface area contributed by atoms with Crippen LogP contribution in [0, 0.1) is 6.92 Å². The molecule has 1 aliphatic heterocycles. The Morgan fingerprint density at radius 1 is 1.03 bits per heavy atom. The zero-order chi connectivity index (χ0) is 26.0. The van der Waals surface area contributed by atoms with Crippen LogP contribution in [0.5, 0.6) is 11.5 Å². The van der Waals surface area contributed by atoms with E-state index in [-0.39, 0.29) is 27.9 Å². The summed E-state index contributed by atoms with van der Waals surface area (Å²) in [5, 5.41) is 11.4. The van der Waals surface area contributed by atoms with Crippen LogP contribution < -0.4 is 14.4 Å². The summed E-state index contributed by atoms with van der Waals surface area (Å²) in [5.41, 5.74) is 1.17. The SMILES string of the molecule is CCOC(=O)c1sc(N2C(=O)C(=O)/C(=C(/O)c3ccc(OC)cc3)[C@H]2c2ccc(OC)cc2)nc1C. The first-order valence-corrected chi connectivity index (χ1v) is 11.9. The van der Waals surface area contributed by atoms with Gasteiger partial charge in [0.1, 0.15) is 22.1 Å². The van der Waals surface area contributed by atoms with Gasteiger partial charge in [0.15, 0.2) is 5.13 Å². The van der Waals surface area contributed by atoms with Crippen LogP contribution in [-0.4, -0.2) is 48.6 Å². The zero-order valence-electron chi connectivity index (χ0n) is 20.1. The summed E-state index contributed by atoms with van der Waals surface area (Å²) in [6.07, 6.45) is 0. The molecular weight excluding hydrogens is 484 g/mol. The van der Waals surface area contributed by atoms with Crippen molar-refractivity contribution in [2.75, 3.05) is 25.7 Å². The highest BCUT2D eigenvalue weighted by atomic mass is 32.1. The number of thiazole rings is 1. The first kappa shape index (κ1) is 24.9. The highest BCUT2D eigenvalue weighted by Gasteiger charge is 2.48. The van der Waals surface area contributed by atoms with E-state index in [1.54, 1.807) is 62.4 Å². The molecule has 1 amide bonds. The van der Waals surface area contributed by atoms with Crippen LogP contribution in [0.4, 0.5) is 5.13 Å². The Kier molecular flexibility index (Phi) is 7.07. The monoisotopic (exact) mass is 508 g/mol. The smallest absolute Gasteiger partial charge is 0.350 e. The van der Waals surface area contributed by atoms with Gasteiger partial charge in [0.25, 0.3) is 5.78 Å². The molecule has 9 nitrogen and oxygen atoms in total. The molecule has 4 rings (SSSR count). The minimum Gasteiger partial charge on any atom is -0.507 e. The van der Waals surface area contributed by atoms with E-state index in [1.165, 1.54) is 19.1 Å². The van der Waals surface area contributed by atoms with E-state index in [0.29, 0.717) is 28.3 Å². The van der Waals surface area contributed by atoms with Crippen molar-refractivity contribution in [1.29, 1.82) is 0 Å². The minimum atomic E-state index is -0.987. The molecule has 1 fully saturated rings. The highest BCUT2D eigenvalue weighted by molar-refractivity contribution is 7.17. The second kappa shape index (κ2) is 10.2. The first-order valence-electron chi connectivity index (χ1n) is 11.0. The van der Waals surface area contributed by atoms with E-state index < -0.39 is 23.7 Å². The number of hydrogen-bond acceptors (Lipinski definition) is 9. The Balaban J connectivity index is 1.89. The Labute approximate surface area is 211 Å². The quantitative estimate of drug-likeness (QED) is 0.218. The number of carbonyl (C=O) groups excluding carboxylic acids is 3. The molecule has 0 unspecified atom stereocenters. The second-order valence-electron chi connectivity index (χ2n) is 7.80. The maximum Gasteiger partial charge on any atom is 0.350 e. The molecule has 1 aromatic heterocycles. The van der Waals surface area contributed by atoms with Gasteiger partial charge in [0, 0.05) is 5.56 Å². The molecule has 0 spiro atoms. The zero-order valence-corrected chi connectivity index (χ0v) is 20.9. The lowest BCUT2D eigenvalue weighted by molar-refractivity contribution is -0.132. The van der Waals surface area contributed by atoms with Gasteiger partial charge in [0.2, 0.25) is 0 Å². The number of hydrogen-bond donors (Lipinski definition) is 1. The number of methoxy groups -OCH3 is 2. The summed E-state index contributed by atoms with van der Waals surface area (Å²) in [4.78, 5) is 44.8. The van der Waals surface area contributed by atoms with Crippen LogP contribution in [0.25, 0.3) is 5.76 Å². The third-order valence-electron chi connectivity index (χ3n) is 5.69. The van der Waals surface area contributed by atoms with Crippen molar-refractivity contribution in [3.63, 3.8) is 0 Å². The fourth-order valence-corrected chi connectivity index (χ4v) is 4.89. The predicted octanol–water partition coefficient (Wildman–Crippen LogP) is 4.27. The van der Waals surface area contributed by atoms with E-state index in [4.69, 9.17) is 14.2 Å². The average Bonchev–Trinajstić information content (AvgIpc) is 3.40. The molecule has 2 heterocycles. The number of nitrogens with zero attached hydrogens (tertiary/aromatic N) is 2. The van der Waals surface area contributed by atoms with Crippen molar-refractivity contribution in [3.05, 3.63) is 75.8 Å². The number of anilines is 1. The molecule has 1 saturated heterocycles. The van der Waals surface area contributed by atoms with E-state index in [1.807, 2.05) is 0 Å². The molecule has 1 aliphatic rings. The summed E-state index contributed by atoms with van der Waals surface area (Å²) in [7, 11) is 3.05. The van der Waals surface area contributed by atoms with E-state index in [0.717, 1.165) is 11.3 Å². The van der Waals surface area contributed by atoms with Gasteiger partial charge in [-0.2, -0.15) is 0 Å². The molecule has 0 radical (unpaired) electrons. The average molecular weight is 509 g/mol. The normalized spacial score (nSPS) is 16.8.